The number of hydrogen-bond acceptors (Lipinski definition) is 5. The molecule has 4 aliphatic carbocycles. The molecule has 170 valence electrons. The average molecular weight is 443 g/mol. The molecule has 4 aliphatic rings. The van der Waals surface area contributed by atoms with Crippen LogP contribution in [0.1, 0.15) is 64.7 Å². The standard InChI is InChI=1S/C22H34O7S/c1-12(2-9-21(24)25)15-5-7-19-17(15)6-8-18-16-4-3-14(29-30(26,27)28)10-13(16)11-20(23)22(18)19/h11-12,14-20,22-23H,2-10H2,1H3,(H,24,25)(H,26,27,28)/t12-,14+,15?,16+,17-,18?,19-,20-,22-/m1/s1. The molecule has 0 aliphatic heterocycles. The Morgan fingerprint density at radius 3 is 2.53 bits per heavy atom. The van der Waals surface area contributed by atoms with Gasteiger partial charge >= 0.3 is 16.4 Å². The molecule has 2 unspecified atom stereocenters. The topological polar surface area (TPSA) is 121 Å². The highest BCUT2D eigenvalue weighted by Crippen LogP contribution is 2.59. The number of aliphatic carboxylic acids is 1. The molecule has 8 heteroatoms. The van der Waals surface area contributed by atoms with Crippen LogP contribution in [0, 0.1) is 41.4 Å². The summed E-state index contributed by atoms with van der Waals surface area (Å²) in [5, 5.41) is 20.1. The molecule has 7 nitrogen and oxygen atoms in total. The van der Waals surface area contributed by atoms with Crippen LogP contribution < -0.4 is 0 Å². The van der Waals surface area contributed by atoms with E-state index < -0.39 is 28.6 Å². The van der Waals surface area contributed by atoms with Crippen LogP contribution in [-0.4, -0.2) is 41.4 Å². The molecule has 9 atom stereocenters. The van der Waals surface area contributed by atoms with E-state index in [0.717, 1.165) is 44.1 Å². The van der Waals surface area contributed by atoms with Gasteiger partial charge in [0.1, 0.15) is 0 Å². The number of hydrogen-bond donors (Lipinski definition) is 3. The Hall–Kier alpha value is -0.960. The van der Waals surface area contributed by atoms with Crippen molar-refractivity contribution < 1.29 is 32.2 Å². The van der Waals surface area contributed by atoms with Crippen molar-refractivity contribution in [2.75, 3.05) is 0 Å². The van der Waals surface area contributed by atoms with Crippen molar-refractivity contribution in [2.45, 2.75) is 76.9 Å². The van der Waals surface area contributed by atoms with Gasteiger partial charge in [-0.05, 0) is 92.8 Å². The van der Waals surface area contributed by atoms with Crippen LogP contribution in [-0.2, 0) is 19.4 Å². The highest BCUT2D eigenvalue weighted by atomic mass is 32.3. The van der Waals surface area contributed by atoms with Gasteiger partial charge < -0.3 is 10.2 Å². The maximum atomic E-state index is 11.1. The van der Waals surface area contributed by atoms with E-state index in [9.17, 15) is 18.3 Å². The lowest BCUT2D eigenvalue weighted by Crippen LogP contribution is -2.48. The van der Waals surface area contributed by atoms with Gasteiger partial charge in [0.05, 0.1) is 12.2 Å². The van der Waals surface area contributed by atoms with Crippen molar-refractivity contribution in [3.63, 3.8) is 0 Å². The smallest absolute Gasteiger partial charge is 0.397 e. The van der Waals surface area contributed by atoms with E-state index in [2.05, 4.69) is 6.92 Å². The summed E-state index contributed by atoms with van der Waals surface area (Å²) in [6.45, 7) is 2.19. The molecular weight excluding hydrogens is 408 g/mol. The molecular formula is C22H34O7S. The van der Waals surface area contributed by atoms with Crippen LogP contribution >= 0.6 is 0 Å². The molecule has 0 aromatic carbocycles. The van der Waals surface area contributed by atoms with Gasteiger partial charge in [0, 0.05) is 6.42 Å². The van der Waals surface area contributed by atoms with E-state index in [4.69, 9.17) is 13.8 Å². The number of rotatable bonds is 6. The number of carboxylic acids is 1. The van der Waals surface area contributed by atoms with Crippen molar-refractivity contribution in [1.29, 1.82) is 0 Å². The van der Waals surface area contributed by atoms with Crippen LogP contribution in [0.3, 0.4) is 0 Å². The molecule has 4 rings (SSSR count). The number of aliphatic hydroxyl groups excluding tert-OH is 1. The first-order chi connectivity index (χ1) is 14.1. The maximum absolute atomic E-state index is 11.1. The van der Waals surface area contributed by atoms with Gasteiger partial charge in [-0.2, -0.15) is 8.42 Å². The fraction of sp³-hybridized carbons (Fsp3) is 0.864. The normalized spacial score (nSPS) is 41.9. The van der Waals surface area contributed by atoms with E-state index in [0.29, 0.717) is 48.3 Å². The first-order valence-corrected chi connectivity index (χ1v) is 12.8. The summed E-state index contributed by atoms with van der Waals surface area (Å²) in [5.74, 6) is 2.30. The fourth-order valence-electron chi connectivity index (χ4n) is 7.51. The second-order valence-electron chi connectivity index (χ2n) is 10.1. The summed E-state index contributed by atoms with van der Waals surface area (Å²) in [6, 6.07) is 0. The highest BCUT2D eigenvalue weighted by Gasteiger charge is 2.53. The molecule has 0 heterocycles. The molecule has 0 aromatic heterocycles. The first kappa shape index (κ1) is 22.2. The highest BCUT2D eigenvalue weighted by molar-refractivity contribution is 7.80. The molecule has 0 bridgehead atoms. The lowest BCUT2D eigenvalue weighted by molar-refractivity contribution is -0.137. The second-order valence-corrected chi connectivity index (χ2v) is 11.1. The number of fused-ring (bicyclic) bond motifs is 5. The summed E-state index contributed by atoms with van der Waals surface area (Å²) < 4.78 is 36.0. The van der Waals surface area contributed by atoms with E-state index in [1.165, 1.54) is 0 Å². The summed E-state index contributed by atoms with van der Waals surface area (Å²) in [5.41, 5.74) is 1.09. The predicted octanol–water partition coefficient (Wildman–Crippen LogP) is 3.44. The summed E-state index contributed by atoms with van der Waals surface area (Å²) >= 11 is 0. The lowest BCUT2D eigenvalue weighted by atomic mass is 9.55. The Labute approximate surface area is 178 Å². The third-order valence-corrected chi connectivity index (χ3v) is 9.11. The summed E-state index contributed by atoms with van der Waals surface area (Å²) in [7, 11) is -4.46. The van der Waals surface area contributed by atoms with Crippen LogP contribution in [0.4, 0.5) is 0 Å². The zero-order valence-electron chi connectivity index (χ0n) is 17.5. The Kier molecular flexibility index (Phi) is 6.32. The van der Waals surface area contributed by atoms with Gasteiger partial charge in [-0.15, -0.1) is 0 Å². The maximum Gasteiger partial charge on any atom is 0.397 e. The number of carbonyl (C=O) groups is 1. The molecule has 3 saturated carbocycles. The molecule has 30 heavy (non-hydrogen) atoms. The zero-order valence-corrected chi connectivity index (χ0v) is 18.3. The predicted molar refractivity (Wildman–Crippen MR) is 110 cm³/mol. The van der Waals surface area contributed by atoms with E-state index in [1.54, 1.807) is 0 Å². The molecule has 0 amide bonds. The third kappa shape index (κ3) is 4.47. The minimum absolute atomic E-state index is 0.227. The van der Waals surface area contributed by atoms with Crippen molar-refractivity contribution in [3.05, 3.63) is 11.6 Å². The second kappa shape index (κ2) is 8.52. The van der Waals surface area contributed by atoms with E-state index >= 15 is 0 Å². The molecule has 0 spiro atoms. The van der Waals surface area contributed by atoms with E-state index in [1.807, 2.05) is 6.08 Å². The SMILES string of the molecule is C[C@H](CCC(=O)O)C1CC[C@H]2[C@H]3C(CC[C@H]12)[C@H]1CC[C@H](OS(=O)(=O)O)CC1=C[C@H]3O. The van der Waals surface area contributed by atoms with Gasteiger partial charge in [-0.3, -0.25) is 9.35 Å². The average Bonchev–Trinajstić information content (AvgIpc) is 3.08. The minimum Gasteiger partial charge on any atom is -0.481 e. The van der Waals surface area contributed by atoms with Gasteiger partial charge in [0.15, 0.2) is 0 Å². The van der Waals surface area contributed by atoms with Gasteiger partial charge in [0.25, 0.3) is 0 Å². The van der Waals surface area contributed by atoms with Gasteiger partial charge in [0.2, 0.25) is 0 Å². The number of aliphatic hydroxyl groups is 1. The summed E-state index contributed by atoms with van der Waals surface area (Å²) in [4.78, 5) is 11.0. The Morgan fingerprint density at radius 1 is 1.13 bits per heavy atom. The third-order valence-electron chi connectivity index (χ3n) is 8.59. The van der Waals surface area contributed by atoms with Crippen molar-refractivity contribution in [3.8, 4) is 0 Å². The molecule has 0 aromatic rings. The zero-order chi connectivity index (χ0) is 21.6. The largest absolute Gasteiger partial charge is 0.481 e. The molecule has 0 radical (unpaired) electrons. The van der Waals surface area contributed by atoms with Crippen LogP contribution in [0.15, 0.2) is 11.6 Å². The minimum atomic E-state index is -4.46. The van der Waals surface area contributed by atoms with Crippen molar-refractivity contribution in [1.82, 2.24) is 0 Å². The summed E-state index contributed by atoms with van der Waals surface area (Å²) in [6.07, 6.45) is 8.13. The first-order valence-electron chi connectivity index (χ1n) is 11.4. The van der Waals surface area contributed by atoms with Gasteiger partial charge in [-0.1, -0.05) is 18.6 Å². The van der Waals surface area contributed by atoms with Crippen molar-refractivity contribution in [2.24, 2.45) is 41.4 Å². The molecule has 3 fully saturated rings. The van der Waals surface area contributed by atoms with Crippen LogP contribution in [0.2, 0.25) is 0 Å². The van der Waals surface area contributed by atoms with Gasteiger partial charge in [-0.25, -0.2) is 4.18 Å². The van der Waals surface area contributed by atoms with Crippen LogP contribution in [0.25, 0.3) is 0 Å². The monoisotopic (exact) mass is 442 g/mol. The van der Waals surface area contributed by atoms with Crippen molar-refractivity contribution >= 4 is 16.4 Å². The molecule has 3 N–H and O–H groups in total. The quantitative estimate of drug-likeness (QED) is 0.425. The Morgan fingerprint density at radius 2 is 1.83 bits per heavy atom. The Balaban J connectivity index is 1.46. The Bertz CT molecular complexity index is 791. The molecule has 0 saturated heterocycles. The van der Waals surface area contributed by atoms with Crippen LogP contribution in [0.5, 0.6) is 0 Å². The lowest BCUT2D eigenvalue weighted by Gasteiger charge is -2.51. The fourth-order valence-corrected chi connectivity index (χ4v) is 8.02. The number of carboxylic acid groups (broad SMARTS) is 1. The van der Waals surface area contributed by atoms with E-state index in [-0.39, 0.29) is 12.3 Å².